The molecule has 2 aliphatic heterocycles. The molecule has 0 atom stereocenters. The minimum absolute atomic E-state index is 0.239. The normalized spacial score (nSPS) is 15.8. The van der Waals surface area contributed by atoms with Gasteiger partial charge in [-0.15, -0.1) is 5.10 Å². The van der Waals surface area contributed by atoms with Crippen LogP contribution in [0.5, 0.6) is 11.5 Å². The van der Waals surface area contributed by atoms with E-state index in [4.69, 9.17) is 14.6 Å². The third kappa shape index (κ3) is 3.87. The topological polar surface area (TPSA) is 85.1 Å². The average molecular weight is 422 g/mol. The van der Waals surface area contributed by atoms with Gasteiger partial charge in [-0.3, -0.25) is 4.79 Å². The Hall–Kier alpha value is -3.36. The Morgan fingerprint density at radius 2 is 1.90 bits per heavy atom. The summed E-state index contributed by atoms with van der Waals surface area (Å²) in [7, 11) is 0. The molecule has 3 aromatic rings. The van der Waals surface area contributed by atoms with E-state index in [0.29, 0.717) is 50.2 Å². The number of hydrogen-bond acceptors (Lipinski definition) is 7. The van der Waals surface area contributed by atoms with Crippen LogP contribution in [-0.4, -0.2) is 63.4 Å². The molecule has 31 heavy (non-hydrogen) atoms. The fraction of sp³-hybridized carbons (Fsp3) is 0.455. The summed E-state index contributed by atoms with van der Waals surface area (Å²) in [5, 5.41) is 4.73. The van der Waals surface area contributed by atoms with Gasteiger partial charge in [-0.25, -0.2) is 4.98 Å². The number of rotatable bonds is 5. The molecule has 4 heterocycles. The number of hydrogen-bond donors (Lipinski definition) is 0. The zero-order chi connectivity index (χ0) is 21.4. The first-order valence-corrected chi connectivity index (χ1v) is 10.7. The predicted octanol–water partition coefficient (Wildman–Crippen LogP) is 2.60. The van der Waals surface area contributed by atoms with E-state index in [1.165, 1.54) is 0 Å². The molecule has 0 N–H and O–H groups in total. The number of carbonyl (C=O) groups is 1. The lowest BCUT2D eigenvalue weighted by atomic mass is 10.1. The standard InChI is InChI=1S/C22H26N6O3/c1-15(2)3-6-20(29)26-9-11-27(12-10-26)22-24-21-23-8-7-17(28(21)25-22)16-4-5-18-19(13-16)31-14-30-18/h4-5,7-8,13,15H,3,6,9-12,14H2,1-2H3. The van der Waals surface area contributed by atoms with Crippen LogP contribution in [-0.2, 0) is 4.79 Å². The van der Waals surface area contributed by atoms with Crippen molar-refractivity contribution in [1.82, 2.24) is 24.5 Å². The average Bonchev–Trinajstić information content (AvgIpc) is 3.43. The summed E-state index contributed by atoms with van der Waals surface area (Å²) >= 11 is 0. The Kier molecular flexibility index (Phi) is 5.09. The summed E-state index contributed by atoms with van der Waals surface area (Å²) in [6.07, 6.45) is 3.29. The third-order valence-corrected chi connectivity index (χ3v) is 5.75. The molecule has 1 amide bonds. The number of piperazine rings is 1. The maximum atomic E-state index is 12.4. The molecule has 0 bridgehead atoms. The van der Waals surface area contributed by atoms with Crippen molar-refractivity contribution in [2.24, 2.45) is 5.92 Å². The SMILES string of the molecule is CC(C)CCC(=O)N1CCN(c2nc3nccc(-c4ccc5c(c4)OCO5)n3n2)CC1. The van der Waals surface area contributed by atoms with Crippen molar-refractivity contribution in [3.63, 3.8) is 0 Å². The van der Waals surface area contributed by atoms with Gasteiger partial charge in [-0.05, 0) is 36.6 Å². The molecule has 162 valence electrons. The first-order valence-electron chi connectivity index (χ1n) is 10.7. The van der Waals surface area contributed by atoms with E-state index in [1.807, 2.05) is 29.2 Å². The highest BCUT2D eigenvalue weighted by Gasteiger charge is 2.24. The second-order valence-electron chi connectivity index (χ2n) is 8.32. The summed E-state index contributed by atoms with van der Waals surface area (Å²) in [4.78, 5) is 25.5. The summed E-state index contributed by atoms with van der Waals surface area (Å²) < 4.78 is 12.7. The summed E-state index contributed by atoms with van der Waals surface area (Å²) in [6, 6.07) is 7.73. The summed E-state index contributed by atoms with van der Waals surface area (Å²) in [5.41, 5.74) is 1.83. The Bertz CT molecular complexity index is 1100. The Balaban J connectivity index is 1.33. The second-order valence-corrected chi connectivity index (χ2v) is 8.32. The fourth-order valence-electron chi connectivity index (χ4n) is 3.92. The fourth-order valence-corrected chi connectivity index (χ4v) is 3.92. The minimum atomic E-state index is 0.239. The van der Waals surface area contributed by atoms with Crippen molar-refractivity contribution in [1.29, 1.82) is 0 Å². The van der Waals surface area contributed by atoms with Gasteiger partial charge >= 0.3 is 0 Å². The minimum Gasteiger partial charge on any atom is -0.454 e. The Morgan fingerprint density at radius 3 is 2.71 bits per heavy atom. The smallest absolute Gasteiger partial charge is 0.254 e. The first kappa shape index (κ1) is 19.6. The second kappa shape index (κ2) is 8.05. The molecule has 0 spiro atoms. The Morgan fingerprint density at radius 1 is 1.10 bits per heavy atom. The van der Waals surface area contributed by atoms with Crippen LogP contribution < -0.4 is 14.4 Å². The Labute approximate surface area is 180 Å². The molecule has 0 unspecified atom stereocenters. The van der Waals surface area contributed by atoms with E-state index in [2.05, 4.69) is 28.7 Å². The van der Waals surface area contributed by atoms with Gasteiger partial charge in [0.05, 0.1) is 5.69 Å². The van der Waals surface area contributed by atoms with E-state index < -0.39 is 0 Å². The molecule has 2 aromatic heterocycles. The highest BCUT2D eigenvalue weighted by molar-refractivity contribution is 5.76. The van der Waals surface area contributed by atoms with E-state index in [1.54, 1.807) is 10.7 Å². The highest BCUT2D eigenvalue weighted by atomic mass is 16.7. The molecule has 1 aromatic carbocycles. The van der Waals surface area contributed by atoms with Gasteiger partial charge in [0.25, 0.3) is 5.78 Å². The molecular formula is C22H26N6O3. The van der Waals surface area contributed by atoms with Crippen molar-refractivity contribution in [2.75, 3.05) is 37.9 Å². The molecule has 0 radical (unpaired) electrons. The number of nitrogens with zero attached hydrogens (tertiary/aromatic N) is 6. The molecule has 0 aliphatic carbocycles. The number of amides is 1. The molecular weight excluding hydrogens is 396 g/mol. The zero-order valence-corrected chi connectivity index (χ0v) is 17.8. The number of anilines is 1. The van der Waals surface area contributed by atoms with Gasteiger partial charge in [0.1, 0.15) is 0 Å². The van der Waals surface area contributed by atoms with Crippen LogP contribution >= 0.6 is 0 Å². The predicted molar refractivity (Wildman–Crippen MR) is 115 cm³/mol. The quantitative estimate of drug-likeness (QED) is 0.625. The number of ether oxygens (including phenoxy) is 2. The van der Waals surface area contributed by atoms with E-state index in [9.17, 15) is 4.79 Å². The van der Waals surface area contributed by atoms with Crippen LogP contribution in [0.2, 0.25) is 0 Å². The van der Waals surface area contributed by atoms with Crippen LogP contribution in [0.15, 0.2) is 30.5 Å². The molecule has 1 fully saturated rings. The van der Waals surface area contributed by atoms with Crippen molar-refractivity contribution in [2.45, 2.75) is 26.7 Å². The van der Waals surface area contributed by atoms with Crippen LogP contribution in [0.25, 0.3) is 17.0 Å². The molecule has 9 heteroatoms. The van der Waals surface area contributed by atoms with E-state index >= 15 is 0 Å². The summed E-state index contributed by atoms with van der Waals surface area (Å²) in [6.45, 7) is 7.33. The lowest BCUT2D eigenvalue weighted by Gasteiger charge is -2.34. The molecule has 9 nitrogen and oxygen atoms in total. The van der Waals surface area contributed by atoms with E-state index in [-0.39, 0.29) is 12.7 Å². The van der Waals surface area contributed by atoms with Gasteiger partial charge in [0.2, 0.25) is 18.6 Å². The van der Waals surface area contributed by atoms with Crippen molar-refractivity contribution < 1.29 is 14.3 Å². The molecule has 1 saturated heterocycles. The van der Waals surface area contributed by atoms with Crippen LogP contribution in [0.3, 0.4) is 0 Å². The highest BCUT2D eigenvalue weighted by Crippen LogP contribution is 2.35. The molecule has 5 rings (SSSR count). The van der Waals surface area contributed by atoms with Gasteiger partial charge in [0, 0.05) is 44.4 Å². The maximum Gasteiger partial charge on any atom is 0.254 e. The van der Waals surface area contributed by atoms with Crippen LogP contribution in [0.1, 0.15) is 26.7 Å². The zero-order valence-electron chi connectivity index (χ0n) is 17.8. The van der Waals surface area contributed by atoms with Crippen LogP contribution in [0.4, 0.5) is 5.95 Å². The van der Waals surface area contributed by atoms with Crippen molar-refractivity contribution in [3.05, 3.63) is 30.5 Å². The van der Waals surface area contributed by atoms with Gasteiger partial charge < -0.3 is 19.3 Å². The number of aromatic nitrogens is 4. The first-order chi connectivity index (χ1) is 15.1. The third-order valence-electron chi connectivity index (χ3n) is 5.75. The van der Waals surface area contributed by atoms with Crippen molar-refractivity contribution >= 4 is 17.6 Å². The van der Waals surface area contributed by atoms with Crippen molar-refractivity contribution in [3.8, 4) is 22.8 Å². The van der Waals surface area contributed by atoms with Crippen LogP contribution in [0, 0.1) is 5.92 Å². The van der Waals surface area contributed by atoms with E-state index in [0.717, 1.165) is 29.2 Å². The lowest BCUT2D eigenvalue weighted by Crippen LogP contribution is -2.49. The number of fused-ring (bicyclic) bond motifs is 2. The molecule has 0 saturated carbocycles. The monoisotopic (exact) mass is 422 g/mol. The van der Waals surface area contributed by atoms with Gasteiger partial charge in [-0.1, -0.05) is 13.8 Å². The van der Waals surface area contributed by atoms with Gasteiger partial charge in [0.15, 0.2) is 11.5 Å². The van der Waals surface area contributed by atoms with Gasteiger partial charge in [-0.2, -0.15) is 9.50 Å². The number of benzene rings is 1. The number of carbonyl (C=O) groups excluding carboxylic acids is 1. The molecule has 2 aliphatic rings. The lowest BCUT2D eigenvalue weighted by molar-refractivity contribution is -0.131. The maximum absolute atomic E-state index is 12.4. The largest absolute Gasteiger partial charge is 0.454 e. The summed E-state index contributed by atoms with van der Waals surface area (Å²) in [5.74, 6) is 3.42.